The number of ether oxygens (including phenoxy) is 1. The van der Waals surface area contributed by atoms with Gasteiger partial charge in [-0.05, 0) is 17.7 Å². The molecule has 0 aliphatic carbocycles. The van der Waals surface area contributed by atoms with Crippen molar-refractivity contribution in [3.63, 3.8) is 0 Å². The van der Waals surface area contributed by atoms with Crippen molar-refractivity contribution in [2.45, 2.75) is 6.10 Å². The molecule has 5 heteroatoms. The average molecular weight is 219 g/mol. The summed E-state index contributed by atoms with van der Waals surface area (Å²) < 4.78 is 17.2. The third-order valence-corrected chi connectivity index (χ3v) is 1.99. The van der Waals surface area contributed by atoms with Gasteiger partial charge in [0, 0.05) is 0 Å². The van der Waals surface area contributed by atoms with Gasteiger partial charge in [-0.2, -0.15) is 0 Å². The molecule has 3 nitrogen and oxygen atoms in total. The predicted octanol–water partition coefficient (Wildman–Crippen LogP) is 1.69. The first-order valence-electron chi connectivity index (χ1n) is 3.77. The van der Waals surface area contributed by atoms with Crippen LogP contribution >= 0.6 is 11.6 Å². The summed E-state index contributed by atoms with van der Waals surface area (Å²) in [6.07, 6.45) is -1.48. The molecule has 0 aromatic heterocycles. The molecular formula is C9H8ClFO3. The van der Waals surface area contributed by atoms with Gasteiger partial charge in [-0.3, -0.25) is 0 Å². The van der Waals surface area contributed by atoms with Crippen LogP contribution in [0.1, 0.15) is 11.7 Å². The Labute approximate surface area is 85.1 Å². The molecule has 0 fully saturated rings. The quantitative estimate of drug-likeness (QED) is 0.769. The summed E-state index contributed by atoms with van der Waals surface area (Å²) in [6.45, 7) is 0. The van der Waals surface area contributed by atoms with Gasteiger partial charge in [0.2, 0.25) is 0 Å². The second kappa shape index (κ2) is 4.39. The lowest BCUT2D eigenvalue weighted by atomic mass is 10.1. The third kappa shape index (κ3) is 2.21. The largest absolute Gasteiger partial charge is 0.467 e. The molecule has 1 unspecified atom stereocenters. The maximum Gasteiger partial charge on any atom is 0.339 e. The number of benzene rings is 1. The molecule has 14 heavy (non-hydrogen) atoms. The van der Waals surface area contributed by atoms with E-state index in [0.29, 0.717) is 0 Å². The summed E-state index contributed by atoms with van der Waals surface area (Å²) >= 11 is 5.43. The normalized spacial score (nSPS) is 12.3. The smallest absolute Gasteiger partial charge is 0.339 e. The maximum absolute atomic E-state index is 12.9. The molecule has 0 bridgehead atoms. The predicted molar refractivity (Wildman–Crippen MR) is 48.4 cm³/mol. The van der Waals surface area contributed by atoms with Crippen LogP contribution in [0, 0.1) is 5.82 Å². The van der Waals surface area contributed by atoms with E-state index in [4.69, 9.17) is 11.6 Å². The van der Waals surface area contributed by atoms with E-state index >= 15 is 0 Å². The molecule has 1 aromatic rings. The fraction of sp³-hybridized carbons (Fsp3) is 0.222. The van der Waals surface area contributed by atoms with Crippen LogP contribution in [0.2, 0.25) is 5.02 Å². The van der Waals surface area contributed by atoms with Crippen molar-refractivity contribution in [2.24, 2.45) is 0 Å². The highest BCUT2D eigenvalue weighted by molar-refractivity contribution is 6.30. The molecule has 1 N–H and O–H groups in total. The monoisotopic (exact) mass is 218 g/mol. The first-order valence-corrected chi connectivity index (χ1v) is 4.15. The van der Waals surface area contributed by atoms with E-state index in [0.717, 1.165) is 13.2 Å². The van der Waals surface area contributed by atoms with Crippen LogP contribution in [0.4, 0.5) is 4.39 Å². The molecule has 1 rings (SSSR count). The van der Waals surface area contributed by atoms with Crippen molar-refractivity contribution in [3.8, 4) is 0 Å². The molecule has 0 saturated carbocycles. The number of halogens is 2. The van der Waals surface area contributed by atoms with Crippen LogP contribution in [-0.2, 0) is 9.53 Å². The van der Waals surface area contributed by atoms with E-state index < -0.39 is 17.9 Å². The number of hydrogen-bond acceptors (Lipinski definition) is 3. The van der Waals surface area contributed by atoms with Crippen molar-refractivity contribution < 1.29 is 19.0 Å². The fourth-order valence-electron chi connectivity index (χ4n) is 0.930. The first-order chi connectivity index (χ1) is 6.56. The second-order valence-corrected chi connectivity index (χ2v) is 3.01. The van der Waals surface area contributed by atoms with E-state index in [1.54, 1.807) is 0 Å². The minimum Gasteiger partial charge on any atom is -0.467 e. The van der Waals surface area contributed by atoms with Crippen molar-refractivity contribution in [2.75, 3.05) is 7.11 Å². The van der Waals surface area contributed by atoms with Crippen molar-refractivity contribution in [1.29, 1.82) is 0 Å². The Hall–Kier alpha value is -1.13. The molecule has 0 amide bonds. The highest BCUT2D eigenvalue weighted by Gasteiger charge is 2.18. The zero-order chi connectivity index (χ0) is 10.7. The Morgan fingerprint density at radius 2 is 2.29 bits per heavy atom. The summed E-state index contributed by atoms with van der Waals surface area (Å²) in [5.74, 6) is -1.53. The molecule has 0 heterocycles. The standard InChI is InChI=1S/C9H8ClFO3/c1-14-9(13)8(12)5-2-3-6(10)7(11)4-5/h2-4,8,12H,1H3. The van der Waals surface area contributed by atoms with Gasteiger partial charge in [0.25, 0.3) is 0 Å². The molecule has 0 aliphatic rings. The zero-order valence-electron chi connectivity index (χ0n) is 7.33. The number of esters is 1. The Morgan fingerprint density at radius 1 is 1.64 bits per heavy atom. The number of aliphatic hydroxyl groups is 1. The van der Waals surface area contributed by atoms with Crippen LogP contribution < -0.4 is 0 Å². The summed E-state index contributed by atoms with van der Waals surface area (Å²) in [5, 5.41) is 9.26. The van der Waals surface area contributed by atoms with Gasteiger partial charge < -0.3 is 9.84 Å². The Kier molecular flexibility index (Phi) is 3.43. The van der Waals surface area contributed by atoms with Crippen molar-refractivity contribution in [3.05, 3.63) is 34.6 Å². The molecule has 1 aromatic carbocycles. The Bertz CT molecular complexity index is 354. The number of methoxy groups -OCH3 is 1. The summed E-state index contributed by atoms with van der Waals surface area (Å²) in [6, 6.07) is 3.61. The van der Waals surface area contributed by atoms with Crippen LogP contribution in [-0.4, -0.2) is 18.2 Å². The fourth-order valence-corrected chi connectivity index (χ4v) is 1.05. The summed E-state index contributed by atoms with van der Waals surface area (Å²) in [7, 11) is 1.14. The molecule has 1 atom stereocenters. The molecule has 0 aliphatic heterocycles. The molecule has 76 valence electrons. The highest BCUT2D eigenvalue weighted by atomic mass is 35.5. The van der Waals surface area contributed by atoms with Gasteiger partial charge in [0.05, 0.1) is 12.1 Å². The zero-order valence-corrected chi connectivity index (χ0v) is 8.08. The van der Waals surface area contributed by atoms with E-state index in [9.17, 15) is 14.3 Å². The van der Waals surface area contributed by atoms with Gasteiger partial charge in [-0.15, -0.1) is 0 Å². The number of aliphatic hydroxyl groups excluding tert-OH is 1. The first kappa shape index (κ1) is 10.9. The molecule has 0 spiro atoms. The van der Waals surface area contributed by atoms with E-state index in [2.05, 4.69) is 4.74 Å². The summed E-state index contributed by atoms with van der Waals surface area (Å²) in [5.41, 5.74) is 0.110. The van der Waals surface area contributed by atoms with E-state index in [1.807, 2.05) is 0 Å². The van der Waals surface area contributed by atoms with E-state index in [1.165, 1.54) is 12.1 Å². The number of rotatable bonds is 2. The van der Waals surface area contributed by atoms with Crippen LogP contribution in [0.15, 0.2) is 18.2 Å². The Morgan fingerprint density at radius 3 is 2.79 bits per heavy atom. The topological polar surface area (TPSA) is 46.5 Å². The third-order valence-electron chi connectivity index (χ3n) is 1.68. The van der Waals surface area contributed by atoms with E-state index in [-0.39, 0.29) is 10.6 Å². The molecule has 0 radical (unpaired) electrons. The minimum absolute atomic E-state index is 0.0641. The Balaban J connectivity index is 2.96. The van der Waals surface area contributed by atoms with Crippen LogP contribution in [0.3, 0.4) is 0 Å². The lowest BCUT2D eigenvalue weighted by molar-refractivity contribution is -0.150. The lowest BCUT2D eigenvalue weighted by Gasteiger charge is -2.08. The van der Waals surface area contributed by atoms with Gasteiger partial charge in [-0.1, -0.05) is 17.7 Å². The lowest BCUT2D eigenvalue weighted by Crippen LogP contribution is -2.13. The maximum atomic E-state index is 12.9. The van der Waals surface area contributed by atoms with Gasteiger partial charge >= 0.3 is 5.97 Å². The van der Waals surface area contributed by atoms with Crippen LogP contribution in [0.5, 0.6) is 0 Å². The van der Waals surface area contributed by atoms with Gasteiger partial charge in [0.1, 0.15) is 5.82 Å². The minimum atomic E-state index is -1.48. The molecule has 0 saturated heterocycles. The molecular weight excluding hydrogens is 211 g/mol. The SMILES string of the molecule is COC(=O)C(O)c1ccc(Cl)c(F)c1. The van der Waals surface area contributed by atoms with Crippen molar-refractivity contribution >= 4 is 17.6 Å². The highest BCUT2D eigenvalue weighted by Crippen LogP contribution is 2.20. The number of carbonyl (C=O) groups excluding carboxylic acids is 1. The van der Waals surface area contributed by atoms with Gasteiger partial charge in [-0.25, -0.2) is 9.18 Å². The van der Waals surface area contributed by atoms with Crippen molar-refractivity contribution in [1.82, 2.24) is 0 Å². The van der Waals surface area contributed by atoms with Gasteiger partial charge in [0.15, 0.2) is 6.10 Å². The number of hydrogen-bond donors (Lipinski definition) is 1. The average Bonchev–Trinajstić information content (AvgIpc) is 2.20. The second-order valence-electron chi connectivity index (χ2n) is 2.60. The number of carbonyl (C=O) groups is 1. The van der Waals surface area contributed by atoms with Crippen LogP contribution in [0.25, 0.3) is 0 Å². The summed E-state index contributed by atoms with van der Waals surface area (Å²) in [4.78, 5) is 10.9.